The lowest BCUT2D eigenvalue weighted by Crippen LogP contribution is -2.57. The fraction of sp³-hybridized carbons (Fsp3) is 0.655. The minimum absolute atomic E-state index is 0.0251. The highest BCUT2D eigenvalue weighted by Crippen LogP contribution is 2.31. The summed E-state index contributed by atoms with van der Waals surface area (Å²) in [7, 11) is -3.42. The van der Waals surface area contributed by atoms with Crippen LogP contribution in [-0.2, 0) is 49.6 Å². The molecule has 13 nitrogen and oxygen atoms in total. The van der Waals surface area contributed by atoms with Crippen LogP contribution in [-0.4, -0.2) is 119 Å². The molecule has 3 aliphatic heterocycles. The zero-order valence-electron chi connectivity index (χ0n) is 24.9. The SMILES string of the molecule is CC(NC(=O)CN1CCOCC1)C(=O)NC(Cc1ccc(S(C)(=O)=O)cc1)C(=O)NC(CC1CCOC1)C(=O)C1(C)CO1. The van der Waals surface area contributed by atoms with Gasteiger partial charge in [-0.1, -0.05) is 12.1 Å². The number of rotatable bonds is 14. The van der Waals surface area contributed by atoms with E-state index >= 15 is 0 Å². The van der Waals surface area contributed by atoms with Crippen molar-refractivity contribution in [2.75, 3.05) is 58.9 Å². The molecule has 1 aromatic carbocycles. The molecule has 238 valence electrons. The number of sulfone groups is 1. The van der Waals surface area contributed by atoms with Crippen LogP contribution >= 0.6 is 0 Å². The first-order valence-corrected chi connectivity index (χ1v) is 16.5. The maximum Gasteiger partial charge on any atom is 0.243 e. The number of epoxide rings is 1. The van der Waals surface area contributed by atoms with Crippen LogP contribution in [0.15, 0.2) is 29.2 Å². The Morgan fingerprint density at radius 1 is 0.977 bits per heavy atom. The number of ether oxygens (including phenoxy) is 3. The Morgan fingerprint density at radius 2 is 1.63 bits per heavy atom. The Labute approximate surface area is 252 Å². The zero-order chi connectivity index (χ0) is 31.2. The van der Waals surface area contributed by atoms with E-state index in [0.717, 1.165) is 12.7 Å². The number of carbonyl (C=O) groups excluding carboxylic acids is 4. The van der Waals surface area contributed by atoms with Gasteiger partial charge >= 0.3 is 0 Å². The monoisotopic (exact) mass is 622 g/mol. The van der Waals surface area contributed by atoms with E-state index in [0.29, 0.717) is 51.5 Å². The fourth-order valence-corrected chi connectivity index (χ4v) is 5.79. The quantitative estimate of drug-likeness (QED) is 0.224. The topological polar surface area (TPSA) is 173 Å². The van der Waals surface area contributed by atoms with E-state index in [-0.39, 0.29) is 42.1 Å². The summed E-state index contributed by atoms with van der Waals surface area (Å²) >= 11 is 0. The molecule has 0 aromatic heterocycles. The molecule has 0 bridgehead atoms. The first-order valence-electron chi connectivity index (χ1n) is 14.6. The molecule has 5 unspecified atom stereocenters. The number of hydrogen-bond donors (Lipinski definition) is 3. The van der Waals surface area contributed by atoms with E-state index in [1.54, 1.807) is 19.1 Å². The van der Waals surface area contributed by atoms with Gasteiger partial charge < -0.3 is 30.2 Å². The molecule has 5 atom stereocenters. The summed E-state index contributed by atoms with van der Waals surface area (Å²) in [5, 5.41) is 8.25. The summed E-state index contributed by atoms with van der Waals surface area (Å²) in [6.45, 7) is 6.99. The summed E-state index contributed by atoms with van der Waals surface area (Å²) in [5.41, 5.74) is -0.363. The van der Waals surface area contributed by atoms with E-state index in [1.807, 2.05) is 4.90 Å². The standard InChI is InChI=1S/C29H42N4O9S/c1-19(30-25(34)16-33-9-12-40-13-10-33)27(36)32-24(14-20-4-6-22(7-5-20)43(3,38)39)28(37)31-23(15-21-8-11-41-17-21)26(35)29(2)18-42-29/h4-7,19,21,23-24H,8-18H2,1-3H3,(H,30,34)(H,31,37)(H,32,36). The summed E-state index contributed by atoms with van der Waals surface area (Å²) in [5.74, 6) is -1.63. The summed E-state index contributed by atoms with van der Waals surface area (Å²) in [4.78, 5) is 54.8. The van der Waals surface area contributed by atoms with Crippen molar-refractivity contribution in [3.05, 3.63) is 29.8 Å². The van der Waals surface area contributed by atoms with Crippen LogP contribution in [0.25, 0.3) is 0 Å². The minimum Gasteiger partial charge on any atom is -0.381 e. The molecule has 14 heteroatoms. The fourth-order valence-electron chi connectivity index (χ4n) is 5.15. The highest BCUT2D eigenvalue weighted by molar-refractivity contribution is 7.90. The van der Waals surface area contributed by atoms with Gasteiger partial charge in [-0.2, -0.15) is 0 Å². The zero-order valence-corrected chi connectivity index (χ0v) is 25.7. The molecular weight excluding hydrogens is 580 g/mol. The van der Waals surface area contributed by atoms with Gasteiger partial charge in [0.15, 0.2) is 15.6 Å². The number of hydrogen-bond acceptors (Lipinski definition) is 10. The lowest BCUT2D eigenvalue weighted by atomic mass is 9.91. The molecule has 3 heterocycles. The second-order valence-electron chi connectivity index (χ2n) is 11.8. The Hall–Kier alpha value is -2.91. The lowest BCUT2D eigenvalue weighted by Gasteiger charge is -2.27. The first-order chi connectivity index (χ1) is 20.3. The van der Waals surface area contributed by atoms with Gasteiger partial charge in [0.05, 0.1) is 37.3 Å². The minimum atomic E-state index is -3.42. The largest absolute Gasteiger partial charge is 0.381 e. The van der Waals surface area contributed by atoms with Crippen LogP contribution < -0.4 is 16.0 Å². The van der Waals surface area contributed by atoms with Crippen LogP contribution in [0.1, 0.15) is 32.3 Å². The predicted molar refractivity (Wildman–Crippen MR) is 155 cm³/mol. The van der Waals surface area contributed by atoms with Crippen molar-refractivity contribution in [3.8, 4) is 0 Å². The molecular formula is C29H42N4O9S. The Morgan fingerprint density at radius 3 is 2.21 bits per heavy atom. The normalized spacial score (nSPS) is 24.4. The second-order valence-corrected chi connectivity index (χ2v) is 13.8. The number of benzene rings is 1. The third-order valence-corrected chi connectivity index (χ3v) is 9.12. The number of nitrogens with zero attached hydrogens (tertiary/aromatic N) is 1. The van der Waals surface area contributed by atoms with Crippen molar-refractivity contribution >= 4 is 33.3 Å². The third kappa shape index (κ3) is 9.54. The van der Waals surface area contributed by atoms with Gasteiger partial charge in [-0.25, -0.2) is 8.42 Å². The molecule has 0 aliphatic carbocycles. The highest BCUT2D eigenvalue weighted by Gasteiger charge is 2.50. The molecule has 3 amide bonds. The van der Waals surface area contributed by atoms with Crippen molar-refractivity contribution in [1.29, 1.82) is 0 Å². The summed E-state index contributed by atoms with van der Waals surface area (Å²) in [6.07, 6.45) is 2.27. The first kappa shape index (κ1) is 33.0. The second kappa shape index (κ2) is 14.2. The van der Waals surface area contributed by atoms with E-state index in [4.69, 9.17) is 14.2 Å². The van der Waals surface area contributed by atoms with E-state index in [1.165, 1.54) is 19.1 Å². The molecule has 0 spiro atoms. The Balaban J connectivity index is 1.46. The maximum absolute atomic E-state index is 13.7. The Kier molecular flexibility index (Phi) is 10.9. The smallest absolute Gasteiger partial charge is 0.243 e. The van der Waals surface area contributed by atoms with E-state index in [9.17, 15) is 27.6 Å². The van der Waals surface area contributed by atoms with Crippen molar-refractivity contribution in [2.45, 2.75) is 61.7 Å². The van der Waals surface area contributed by atoms with Gasteiger partial charge in [0, 0.05) is 39.0 Å². The molecule has 3 N–H and O–H groups in total. The molecule has 0 saturated carbocycles. The number of carbonyl (C=O) groups is 4. The van der Waals surface area contributed by atoms with Gasteiger partial charge in [0.1, 0.15) is 17.7 Å². The van der Waals surface area contributed by atoms with Crippen molar-refractivity contribution in [1.82, 2.24) is 20.9 Å². The summed E-state index contributed by atoms with van der Waals surface area (Å²) in [6, 6.07) is 3.13. The molecule has 4 rings (SSSR count). The van der Waals surface area contributed by atoms with Gasteiger partial charge in [-0.15, -0.1) is 0 Å². The van der Waals surface area contributed by atoms with E-state index < -0.39 is 45.4 Å². The third-order valence-electron chi connectivity index (χ3n) is 7.99. The van der Waals surface area contributed by atoms with Crippen molar-refractivity contribution in [2.24, 2.45) is 5.92 Å². The maximum atomic E-state index is 13.7. The van der Waals surface area contributed by atoms with Crippen LogP contribution in [0.4, 0.5) is 0 Å². The average molecular weight is 623 g/mol. The molecule has 1 aromatic rings. The van der Waals surface area contributed by atoms with Crippen LogP contribution in [0.2, 0.25) is 0 Å². The van der Waals surface area contributed by atoms with Crippen LogP contribution in [0.3, 0.4) is 0 Å². The number of morpholine rings is 1. The number of Topliss-reactive ketones (excluding diaryl/α,β-unsaturated/α-hetero) is 1. The molecule has 3 saturated heterocycles. The number of nitrogens with one attached hydrogen (secondary N) is 3. The van der Waals surface area contributed by atoms with Crippen LogP contribution in [0.5, 0.6) is 0 Å². The summed E-state index contributed by atoms with van der Waals surface area (Å²) < 4.78 is 39.9. The molecule has 0 radical (unpaired) electrons. The number of amides is 3. The van der Waals surface area contributed by atoms with Gasteiger partial charge in [0.25, 0.3) is 0 Å². The van der Waals surface area contributed by atoms with Crippen molar-refractivity contribution in [3.63, 3.8) is 0 Å². The van der Waals surface area contributed by atoms with Gasteiger partial charge in [0.2, 0.25) is 17.7 Å². The van der Waals surface area contributed by atoms with Gasteiger partial charge in [-0.3, -0.25) is 24.1 Å². The van der Waals surface area contributed by atoms with Crippen molar-refractivity contribution < 1.29 is 41.8 Å². The predicted octanol–water partition coefficient (Wildman–Crippen LogP) is -0.776. The lowest BCUT2D eigenvalue weighted by molar-refractivity contribution is -0.134. The highest BCUT2D eigenvalue weighted by atomic mass is 32.2. The van der Waals surface area contributed by atoms with Crippen LogP contribution in [0, 0.1) is 5.92 Å². The molecule has 3 fully saturated rings. The molecule has 43 heavy (non-hydrogen) atoms. The van der Waals surface area contributed by atoms with Gasteiger partial charge in [-0.05, 0) is 50.3 Å². The average Bonchev–Trinajstić information content (AvgIpc) is 3.50. The Bertz CT molecular complexity index is 1270. The van der Waals surface area contributed by atoms with E-state index in [2.05, 4.69) is 16.0 Å². The number of ketones is 1. The molecule has 3 aliphatic rings.